The van der Waals surface area contributed by atoms with Crippen LogP contribution < -0.4 is 10.1 Å². The fourth-order valence-electron chi connectivity index (χ4n) is 2.22. The van der Waals surface area contributed by atoms with Gasteiger partial charge in [0, 0.05) is 11.6 Å². The highest BCUT2D eigenvalue weighted by atomic mass is 35.5. The van der Waals surface area contributed by atoms with E-state index in [9.17, 15) is 18.0 Å². The molecule has 0 spiro atoms. The average molecular weight is 416 g/mol. The summed E-state index contributed by atoms with van der Waals surface area (Å²) in [6.45, 7) is -3.17. The smallest absolute Gasteiger partial charge is 0.387 e. The van der Waals surface area contributed by atoms with E-state index in [1.807, 2.05) is 0 Å². The van der Waals surface area contributed by atoms with Gasteiger partial charge in [0.1, 0.15) is 11.5 Å². The largest absolute Gasteiger partial charge is 0.432 e. The molecule has 0 radical (unpaired) electrons. The number of H-pyrrole nitrogens is 1. The van der Waals surface area contributed by atoms with Crippen molar-refractivity contribution in [3.63, 3.8) is 0 Å². The molecule has 0 aliphatic carbocycles. The van der Waals surface area contributed by atoms with E-state index in [-0.39, 0.29) is 11.4 Å². The molecule has 0 aliphatic heterocycles. The Morgan fingerprint density at radius 1 is 1.11 bits per heavy atom. The van der Waals surface area contributed by atoms with Crippen LogP contribution in [0.2, 0.25) is 10.0 Å². The lowest BCUT2D eigenvalue weighted by Gasteiger charge is -2.11. The van der Waals surface area contributed by atoms with Gasteiger partial charge in [0.2, 0.25) is 0 Å². The second-order valence-electron chi connectivity index (χ2n) is 5.27. The van der Waals surface area contributed by atoms with Gasteiger partial charge in [-0.15, -0.1) is 0 Å². The van der Waals surface area contributed by atoms with Crippen LogP contribution in [-0.4, -0.2) is 22.7 Å². The third kappa shape index (κ3) is 4.53. The molecule has 0 fully saturated rings. The Morgan fingerprint density at radius 3 is 2.59 bits per heavy atom. The number of nitrogens with zero attached hydrogens (tertiary/aromatic N) is 1. The second kappa shape index (κ2) is 7.89. The number of ether oxygens (including phenoxy) is 1. The summed E-state index contributed by atoms with van der Waals surface area (Å²) in [7, 11) is 0. The Labute approximate surface area is 161 Å². The lowest BCUT2D eigenvalue weighted by molar-refractivity contribution is -0.0495. The second-order valence-corrected chi connectivity index (χ2v) is 6.08. The number of rotatable bonds is 5. The van der Waals surface area contributed by atoms with Gasteiger partial charge < -0.3 is 10.1 Å². The maximum absolute atomic E-state index is 13.2. The zero-order valence-corrected chi connectivity index (χ0v) is 14.8. The van der Waals surface area contributed by atoms with Gasteiger partial charge in [-0.3, -0.25) is 9.89 Å². The summed E-state index contributed by atoms with van der Waals surface area (Å²) in [5.74, 6) is -1.96. The number of aromatic nitrogens is 2. The summed E-state index contributed by atoms with van der Waals surface area (Å²) in [5.41, 5.74) is 0.959. The maximum atomic E-state index is 13.2. The number of hydrogen-bond donors (Lipinski definition) is 2. The molecule has 0 atom stereocenters. The zero-order chi connectivity index (χ0) is 19.6. The number of alkyl halides is 2. The van der Waals surface area contributed by atoms with Crippen molar-refractivity contribution in [1.29, 1.82) is 0 Å². The minimum atomic E-state index is -3.17. The Kier molecular flexibility index (Phi) is 5.57. The predicted octanol–water partition coefficient (Wildman–Crippen LogP) is 5.38. The number of anilines is 1. The van der Waals surface area contributed by atoms with Gasteiger partial charge in [0.15, 0.2) is 5.75 Å². The molecule has 0 bridgehead atoms. The van der Waals surface area contributed by atoms with E-state index >= 15 is 0 Å². The summed E-state index contributed by atoms with van der Waals surface area (Å²) < 4.78 is 42.4. The average Bonchev–Trinajstić information content (AvgIpc) is 3.09. The first-order valence-electron chi connectivity index (χ1n) is 7.40. The molecule has 0 aliphatic rings. The van der Waals surface area contributed by atoms with Crippen molar-refractivity contribution >= 4 is 34.8 Å². The van der Waals surface area contributed by atoms with Crippen molar-refractivity contribution < 1.29 is 22.7 Å². The molecule has 27 heavy (non-hydrogen) atoms. The first-order valence-corrected chi connectivity index (χ1v) is 8.15. The molecule has 3 aromatic rings. The highest BCUT2D eigenvalue weighted by molar-refractivity contribution is 6.42. The molecule has 140 valence electrons. The molecule has 10 heteroatoms. The van der Waals surface area contributed by atoms with Gasteiger partial charge in [0.05, 0.1) is 21.4 Å². The van der Waals surface area contributed by atoms with Crippen LogP contribution in [0.5, 0.6) is 5.75 Å². The van der Waals surface area contributed by atoms with Crippen molar-refractivity contribution in [2.45, 2.75) is 6.61 Å². The first kappa shape index (κ1) is 19.1. The number of carbonyl (C=O) groups is 1. The van der Waals surface area contributed by atoms with Crippen LogP contribution in [0.4, 0.5) is 18.9 Å². The summed E-state index contributed by atoms with van der Waals surface area (Å²) in [6.07, 6.45) is 0. The van der Waals surface area contributed by atoms with Crippen LogP contribution in [0.1, 0.15) is 10.5 Å². The van der Waals surface area contributed by atoms with E-state index < -0.39 is 24.1 Å². The van der Waals surface area contributed by atoms with Crippen LogP contribution in [0.25, 0.3) is 11.3 Å². The third-order valence-corrected chi connectivity index (χ3v) is 4.18. The van der Waals surface area contributed by atoms with Crippen molar-refractivity contribution in [3.05, 3.63) is 64.0 Å². The standard InChI is InChI=1S/C17H10Cl2F3N3O2/c18-10-3-1-8(5-11(10)19)13-7-14(25-24-13)16(26)23-12-4-2-9(20)6-15(12)27-17(21)22/h1-7,17H,(H,23,26)(H,24,25). The lowest BCUT2D eigenvalue weighted by Crippen LogP contribution is -2.14. The molecular formula is C17H10Cl2F3N3O2. The number of carbonyl (C=O) groups excluding carboxylic acids is 1. The maximum Gasteiger partial charge on any atom is 0.387 e. The zero-order valence-electron chi connectivity index (χ0n) is 13.3. The van der Waals surface area contributed by atoms with Crippen molar-refractivity contribution in [2.24, 2.45) is 0 Å². The number of aromatic amines is 1. The summed E-state index contributed by atoms with van der Waals surface area (Å²) >= 11 is 11.8. The van der Waals surface area contributed by atoms with E-state index in [4.69, 9.17) is 23.2 Å². The van der Waals surface area contributed by atoms with E-state index in [2.05, 4.69) is 20.3 Å². The van der Waals surface area contributed by atoms with E-state index in [1.54, 1.807) is 18.2 Å². The van der Waals surface area contributed by atoms with Crippen LogP contribution in [0, 0.1) is 5.82 Å². The van der Waals surface area contributed by atoms with Crippen LogP contribution in [-0.2, 0) is 0 Å². The number of benzene rings is 2. The van der Waals surface area contributed by atoms with Gasteiger partial charge in [-0.05, 0) is 30.3 Å². The van der Waals surface area contributed by atoms with E-state index in [1.165, 1.54) is 6.07 Å². The quantitative estimate of drug-likeness (QED) is 0.587. The third-order valence-electron chi connectivity index (χ3n) is 3.45. The minimum Gasteiger partial charge on any atom is -0.432 e. The van der Waals surface area contributed by atoms with Crippen LogP contribution >= 0.6 is 23.2 Å². The molecule has 0 saturated carbocycles. The lowest BCUT2D eigenvalue weighted by atomic mass is 10.1. The normalized spacial score (nSPS) is 10.9. The molecule has 1 amide bonds. The highest BCUT2D eigenvalue weighted by Crippen LogP contribution is 2.29. The Hall–Kier alpha value is -2.71. The fraction of sp³-hybridized carbons (Fsp3) is 0.0588. The molecule has 2 aromatic carbocycles. The van der Waals surface area contributed by atoms with Gasteiger partial charge in [-0.1, -0.05) is 29.3 Å². The molecular weight excluding hydrogens is 406 g/mol. The number of halogens is 5. The Morgan fingerprint density at radius 2 is 1.89 bits per heavy atom. The highest BCUT2D eigenvalue weighted by Gasteiger charge is 2.16. The number of hydrogen-bond acceptors (Lipinski definition) is 3. The van der Waals surface area contributed by atoms with Crippen molar-refractivity contribution in [3.8, 4) is 17.0 Å². The topological polar surface area (TPSA) is 67.0 Å². The molecule has 0 saturated heterocycles. The Bertz CT molecular complexity index is 995. The Balaban J connectivity index is 1.82. The SMILES string of the molecule is O=C(Nc1ccc(F)cc1OC(F)F)c1cc(-c2ccc(Cl)c(Cl)c2)n[nH]1. The van der Waals surface area contributed by atoms with E-state index in [0.29, 0.717) is 21.3 Å². The fourth-order valence-corrected chi connectivity index (χ4v) is 2.52. The van der Waals surface area contributed by atoms with Crippen LogP contribution in [0.15, 0.2) is 42.5 Å². The first-order chi connectivity index (χ1) is 12.8. The molecule has 1 aromatic heterocycles. The van der Waals surface area contributed by atoms with Gasteiger partial charge in [-0.25, -0.2) is 4.39 Å². The van der Waals surface area contributed by atoms with Gasteiger partial charge >= 0.3 is 6.61 Å². The molecule has 5 nitrogen and oxygen atoms in total. The van der Waals surface area contributed by atoms with Crippen molar-refractivity contribution in [1.82, 2.24) is 10.2 Å². The predicted molar refractivity (Wildman–Crippen MR) is 95.0 cm³/mol. The molecule has 1 heterocycles. The minimum absolute atomic E-state index is 0.0448. The van der Waals surface area contributed by atoms with E-state index in [0.717, 1.165) is 18.2 Å². The summed E-state index contributed by atoms with van der Waals surface area (Å²) in [5, 5.41) is 9.59. The number of amides is 1. The molecule has 3 rings (SSSR count). The summed E-state index contributed by atoms with van der Waals surface area (Å²) in [6, 6.07) is 9.13. The van der Waals surface area contributed by atoms with Crippen LogP contribution in [0.3, 0.4) is 0 Å². The monoisotopic (exact) mass is 415 g/mol. The summed E-state index contributed by atoms with van der Waals surface area (Å²) in [4.78, 5) is 12.3. The van der Waals surface area contributed by atoms with Gasteiger partial charge in [-0.2, -0.15) is 13.9 Å². The molecule has 2 N–H and O–H groups in total. The van der Waals surface area contributed by atoms with Gasteiger partial charge in [0.25, 0.3) is 5.91 Å². The number of nitrogens with one attached hydrogen (secondary N) is 2. The van der Waals surface area contributed by atoms with Crippen molar-refractivity contribution in [2.75, 3.05) is 5.32 Å². The molecule has 0 unspecified atom stereocenters.